The highest BCUT2D eigenvalue weighted by Gasteiger charge is 2.26. The van der Waals surface area contributed by atoms with Crippen LogP contribution in [0, 0.1) is 13.8 Å². The Morgan fingerprint density at radius 1 is 0.933 bits per heavy atom. The summed E-state index contributed by atoms with van der Waals surface area (Å²) >= 11 is 0. The SMILES string of the molecule is Cc1ccc(NC(=O)c2ccccc2)cc1NC(=O)c1[nH]c2c(c1C)C(=O)CCC2. The predicted molar refractivity (Wildman–Crippen MR) is 116 cm³/mol. The summed E-state index contributed by atoms with van der Waals surface area (Å²) in [6.07, 6.45) is 2.10. The second kappa shape index (κ2) is 7.99. The molecule has 152 valence electrons. The Labute approximate surface area is 174 Å². The van der Waals surface area contributed by atoms with Gasteiger partial charge in [0.1, 0.15) is 5.69 Å². The highest BCUT2D eigenvalue weighted by atomic mass is 16.2. The molecule has 1 aromatic heterocycles. The van der Waals surface area contributed by atoms with E-state index in [1.165, 1.54) is 0 Å². The molecular weight excluding hydrogens is 378 g/mol. The van der Waals surface area contributed by atoms with E-state index in [1.807, 2.05) is 19.1 Å². The summed E-state index contributed by atoms with van der Waals surface area (Å²) in [7, 11) is 0. The van der Waals surface area contributed by atoms with E-state index < -0.39 is 0 Å². The highest BCUT2D eigenvalue weighted by molar-refractivity contribution is 6.09. The molecule has 3 aromatic rings. The summed E-state index contributed by atoms with van der Waals surface area (Å²) in [4.78, 5) is 40.7. The van der Waals surface area contributed by atoms with Crippen LogP contribution in [0.3, 0.4) is 0 Å². The van der Waals surface area contributed by atoms with Crippen molar-refractivity contribution >= 4 is 29.0 Å². The number of Topliss-reactive ketones (excluding diaryl/α,β-unsaturated/α-hetero) is 1. The number of aryl methyl sites for hydroxylation is 2. The van der Waals surface area contributed by atoms with Gasteiger partial charge in [-0.2, -0.15) is 0 Å². The number of fused-ring (bicyclic) bond motifs is 1. The Hall–Kier alpha value is -3.67. The van der Waals surface area contributed by atoms with Crippen molar-refractivity contribution < 1.29 is 14.4 Å². The van der Waals surface area contributed by atoms with Crippen LogP contribution in [0.5, 0.6) is 0 Å². The first-order chi connectivity index (χ1) is 14.4. The largest absolute Gasteiger partial charge is 0.354 e. The van der Waals surface area contributed by atoms with Gasteiger partial charge in [-0.05, 0) is 62.1 Å². The molecule has 1 aliphatic rings. The average Bonchev–Trinajstić information content (AvgIpc) is 3.09. The molecule has 2 aromatic carbocycles. The summed E-state index contributed by atoms with van der Waals surface area (Å²) in [5.41, 5.74) is 5.21. The van der Waals surface area contributed by atoms with Crippen molar-refractivity contribution in [3.05, 3.63) is 82.2 Å². The van der Waals surface area contributed by atoms with E-state index >= 15 is 0 Å². The van der Waals surface area contributed by atoms with Crippen LogP contribution in [-0.2, 0) is 6.42 Å². The zero-order valence-electron chi connectivity index (χ0n) is 17.0. The van der Waals surface area contributed by atoms with Gasteiger partial charge in [0.15, 0.2) is 5.78 Å². The molecule has 1 aliphatic carbocycles. The molecule has 0 radical (unpaired) electrons. The second-order valence-electron chi connectivity index (χ2n) is 7.56. The van der Waals surface area contributed by atoms with Crippen LogP contribution >= 0.6 is 0 Å². The van der Waals surface area contributed by atoms with Gasteiger partial charge in [-0.15, -0.1) is 0 Å². The third-order valence-electron chi connectivity index (χ3n) is 5.44. The minimum Gasteiger partial charge on any atom is -0.354 e. The summed E-state index contributed by atoms with van der Waals surface area (Å²) in [6, 6.07) is 14.3. The van der Waals surface area contributed by atoms with Crippen molar-refractivity contribution in [2.75, 3.05) is 10.6 Å². The van der Waals surface area contributed by atoms with Crippen molar-refractivity contribution in [3.63, 3.8) is 0 Å². The van der Waals surface area contributed by atoms with Crippen LogP contribution in [0.2, 0.25) is 0 Å². The maximum absolute atomic E-state index is 12.9. The fraction of sp³-hybridized carbons (Fsp3) is 0.208. The average molecular weight is 401 g/mol. The molecule has 1 heterocycles. The normalized spacial score (nSPS) is 12.9. The van der Waals surface area contributed by atoms with Crippen LogP contribution in [0.1, 0.15) is 60.9 Å². The van der Waals surface area contributed by atoms with E-state index in [0.29, 0.717) is 40.2 Å². The number of nitrogens with one attached hydrogen (secondary N) is 3. The number of H-pyrrole nitrogens is 1. The lowest BCUT2D eigenvalue weighted by Gasteiger charge is -2.12. The van der Waals surface area contributed by atoms with E-state index in [1.54, 1.807) is 43.3 Å². The summed E-state index contributed by atoms with van der Waals surface area (Å²) < 4.78 is 0. The minimum atomic E-state index is -0.302. The number of aromatic nitrogens is 1. The van der Waals surface area contributed by atoms with E-state index in [9.17, 15) is 14.4 Å². The molecule has 0 bridgehead atoms. The molecule has 0 atom stereocenters. The number of carbonyl (C=O) groups is 3. The number of benzene rings is 2. The van der Waals surface area contributed by atoms with Crippen molar-refractivity contribution in [3.8, 4) is 0 Å². The smallest absolute Gasteiger partial charge is 0.272 e. The van der Waals surface area contributed by atoms with Crippen LogP contribution in [-0.4, -0.2) is 22.6 Å². The quantitative estimate of drug-likeness (QED) is 0.594. The number of anilines is 2. The predicted octanol–water partition coefficient (Wildman–Crippen LogP) is 4.66. The molecule has 0 fully saturated rings. The zero-order valence-corrected chi connectivity index (χ0v) is 17.0. The molecule has 6 heteroatoms. The van der Waals surface area contributed by atoms with Crippen LogP contribution in [0.25, 0.3) is 0 Å². The molecule has 2 amide bonds. The maximum atomic E-state index is 12.9. The monoisotopic (exact) mass is 401 g/mol. The third kappa shape index (κ3) is 3.76. The number of ketones is 1. The molecule has 0 unspecified atom stereocenters. The van der Waals surface area contributed by atoms with E-state index in [0.717, 1.165) is 24.1 Å². The van der Waals surface area contributed by atoms with Gasteiger partial charge in [0, 0.05) is 34.6 Å². The Morgan fingerprint density at radius 2 is 1.70 bits per heavy atom. The molecule has 4 rings (SSSR count). The molecule has 30 heavy (non-hydrogen) atoms. The summed E-state index contributed by atoms with van der Waals surface area (Å²) in [6.45, 7) is 3.69. The highest BCUT2D eigenvalue weighted by Crippen LogP contribution is 2.28. The van der Waals surface area contributed by atoms with Gasteiger partial charge < -0.3 is 15.6 Å². The maximum Gasteiger partial charge on any atom is 0.272 e. The van der Waals surface area contributed by atoms with Crippen molar-refractivity contribution in [2.45, 2.75) is 33.1 Å². The van der Waals surface area contributed by atoms with E-state index in [4.69, 9.17) is 0 Å². The van der Waals surface area contributed by atoms with Crippen molar-refractivity contribution in [2.24, 2.45) is 0 Å². The van der Waals surface area contributed by atoms with E-state index in [-0.39, 0.29) is 17.6 Å². The number of carbonyl (C=O) groups excluding carboxylic acids is 3. The second-order valence-corrected chi connectivity index (χ2v) is 7.56. The number of hydrogen-bond donors (Lipinski definition) is 3. The first-order valence-electron chi connectivity index (χ1n) is 9.97. The Morgan fingerprint density at radius 3 is 2.43 bits per heavy atom. The zero-order chi connectivity index (χ0) is 21.3. The number of rotatable bonds is 4. The Kier molecular flexibility index (Phi) is 5.23. The number of hydrogen-bond acceptors (Lipinski definition) is 3. The fourth-order valence-electron chi connectivity index (χ4n) is 3.81. The van der Waals surface area contributed by atoms with Gasteiger partial charge in [-0.1, -0.05) is 24.3 Å². The minimum absolute atomic E-state index is 0.0888. The molecule has 0 aliphatic heterocycles. The Bertz CT molecular complexity index is 1150. The van der Waals surface area contributed by atoms with Gasteiger partial charge in [-0.3, -0.25) is 14.4 Å². The van der Waals surface area contributed by atoms with Crippen LogP contribution in [0.15, 0.2) is 48.5 Å². The Balaban J connectivity index is 1.55. The lowest BCUT2D eigenvalue weighted by atomic mass is 9.94. The first-order valence-corrected chi connectivity index (χ1v) is 9.97. The topological polar surface area (TPSA) is 91.1 Å². The van der Waals surface area contributed by atoms with Crippen molar-refractivity contribution in [1.29, 1.82) is 0 Å². The van der Waals surface area contributed by atoms with Gasteiger partial charge in [0.25, 0.3) is 11.8 Å². The molecule has 3 N–H and O–H groups in total. The lowest BCUT2D eigenvalue weighted by Crippen LogP contribution is -2.16. The third-order valence-corrected chi connectivity index (χ3v) is 5.44. The van der Waals surface area contributed by atoms with Gasteiger partial charge >= 0.3 is 0 Å². The van der Waals surface area contributed by atoms with Gasteiger partial charge in [-0.25, -0.2) is 0 Å². The molecule has 6 nitrogen and oxygen atoms in total. The molecular formula is C24H23N3O3. The number of amides is 2. The van der Waals surface area contributed by atoms with E-state index in [2.05, 4.69) is 15.6 Å². The van der Waals surface area contributed by atoms with Crippen LogP contribution in [0.4, 0.5) is 11.4 Å². The van der Waals surface area contributed by atoms with Gasteiger partial charge in [0.2, 0.25) is 0 Å². The van der Waals surface area contributed by atoms with Crippen molar-refractivity contribution in [1.82, 2.24) is 4.98 Å². The molecule has 0 saturated heterocycles. The number of aromatic amines is 1. The molecule has 0 spiro atoms. The summed E-state index contributed by atoms with van der Waals surface area (Å²) in [5.74, 6) is -0.432. The van der Waals surface area contributed by atoms with Gasteiger partial charge in [0.05, 0.1) is 0 Å². The lowest BCUT2D eigenvalue weighted by molar-refractivity contribution is 0.0970. The summed E-state index contributed by atoms with van der Waals surface area (Å²) in [5, 5.41) is 5.77. The standard InChI is InChI=1S/C24H23N3O3/c1-14-11-12-17(25-23(29)16-7-4-3-5-8-16)13-19(14)27-24(30)22-15(2)21-18(26-22)9-6-10-20(21)28/h3-5,7-8,11-13,26H,6,9-10H2,1-2H3,(H,25,29)(H,27,30). The molecule has 0 saturated carbocycles. The fourth-order valence-corrected chi connectivity index (χ4v) is 3.81. The first kappa shape index (κ1) is 19.6. The van der Waals surface area contributed by atoms with Crippen LogP contribution < -0.4 is 10.6 Å².